The lowest BCUT2D eigenvalue weighted by atomic mass is 9.93. The van der Waals surface area contributed by atoms with Gasteiger partial charge >= 0.3 is 0 Å². The summed E-state index contributed by atoms with van der Waals surface area (Å²) < 4.78 is 2.10. The first-order valence-corrected chi connectivity index (χ1v) is 7.93. The number of halogens is 1. The molecule has 0 saturated heterocycles. The van der Waals surface area contributed by atoms with Crippen molar-refractivity contribution in [2.24, 2.45) is 0 Å². The van der Waals surface area contributed by atoms with Crippen LogP contribution in [0.2, 0.25) is 5.02 Å². The van der Waals surface area contributed by atoms with E-state index in [0.29, 0.717) is 33.5 Å². The molecule has 1 unspecified atom stereocenters. The van der Waals surface area contributed by atoms with Crippen molar-refractivity contribution >= 4 is 28.5 Å². The molecule has 4 rings (SSSR count). The van der Waals surface area contributed by atoms with E-state index in [1.165, 1.54) is 12.7 Å². The highest BCUT2D eigenvalue weighted by Crippen LogP contribution is 2.39. The van der Waals surface area contributed by atoms with Gasteiger partial charge in [0.15, 0.2) is 0 Å². The molecule has 0 amide bonds. The molecule has 6 nitrogen and oxygen atoms in total. The van der Waals surface area contributed by atoms with E-state index >= 15 is 0 Å². The number of aliphatic hydroxyl groups excluding tert-OH is 1. The lowest BCUT2D eigenvalue weighted by molar-refractivity contribution is 0.216. The Morgan fingerprint density at radius 1 is 1.30 bits per heavy atom. The van der Waals surface area contributed by atoms with Crippen molar-refractivity contribution in [3.8, 4) is 0 Å². The summed E-state index contributed by atoms with van der Waals surface area (Å²) in [5, 5.41) is 12.0. The van der Waals surface area contributed by atoms with Crippen molar-refractivity contribution in [1.29, 1.82) is 0 Å². The van der Waals surface area contributed by atoms with E-state index in [2.05, 4.69) is 19.5 Å². The number of nitrogens with zero attached hydrogens (tertiary/aromatic N) is 4. The highest BCUT2D eigenvalue weighted by atomic mass is 35.5. The largest absolute Gasteiger partial charge is 0.383 e. The van der Waals surface area contributed by atoms with E-state index in [0.717, 1.165) is 18.5 Å². The van der Waals surface area contributed by atoms with Crippen LogP contribution in [0.3, 0.4) is 0 Å². The van der Waals surface area contributed by atoms with Crippen LogP contribution in [0.5, 0.6) is 0 Å². The first kappa shape index (κ1) is 14.4. The summed E-state index contributed by atoms with van der Waals surface area (Å²) in [6.45, 7) is 0. The average molecular weight is 330 g/mol. The maximum Gasteiger partial charge on any atom is 0.146 e. The fourth-order valence-electron chi connectivity index (χ4n) is 3.02. The van der Waals surface area contributed by atoms with Gasteiger partial charge in [-0.3, -0.25) is 4.98 Å². The van der Waals surface area contributed by atoms with Crippen LogP contribution in [0.4, 0.5) is 5.82 Å². The molecule has 1 aliphatic rings. The Hall–Kier alpha value is -2.18. The van der Waals surface area contributed by atoms with E-state index in [-0.39, 0.29) is 0 Å². The van der Waals surface area contributed by atoms with E-state index in [1.807, 2.05) is 6.20 Å². The standard InChI is InChI=1S/C16H16ClN5O/c17-9-4-5-19-12(6-9)14(23)11-7-22(10-2-1-3-10)16-13(11)15(18)20-8-21-16/h4-8,10,14,23H,1-3H2,(H2,18,20,21). The van der Waals surface area contributed by atoms with E-state index in [1.54, 1.807) is 18.3 Å². The van der Waals surface area contributed by atoms with Gasteiger partial charge < -0.3 is 15.4 Å². The van der Waals surface area contributed by atoms with Crippen LogP contribution in [0.1, 0.15) is 42.7 Å². The first-order valence-electron chi connectivity index (χ1n) is 7.55. The number of nitrogens with two attached hydrogens (primary N) is 1. The molecule has 7 heteroatoms. The summed E-state index contributed by atoms with van der Waals surface area (Å²) in [5.41, 5.74) is 7.96. The summed E-state index contributed by atoms with van der Waals surface area (Å²) >= 11 is 6.01. The third-order valence-electron chi connectivity index (χ3n) is 4.45. The third-order valence-corrected chi connectivity index (χ3v) is 4.69. The second-order valence-electron chi connectivity index (χ2n) is 5.84. The minimum atomic E-state index is -0.925. The highest BCUT2D eigenvalue weighted by molar-refractivity contribution is 6.30. The van der Waals surface area contributed by atoms with Gasteiger partial charge in [-0.2, -0.15) is 0 Å². The fraction of sp³-hybridized carbons (Fsp3) is 0.312. The molecule has 3 heterocycles. The van der Waals surface area contributed by atoms with Gasteiger partial charge in [-0.05, 0) is 31.4 Å². The molecule has 1 fully saturated rings. The van der Waals surface area contributed by atoms with Gasteiger partial charge in [-0.25, -0.2) is 9.97 Å². The Kier molecular flexibility index (Phi) is 3.43. The lowest BCUT2D eigenvalue weighted by Gasteiger charge is -2.27. The molecular weight excluding hydrogens is 314 g/mol. The van der Waals surface area contributed by atoms with Crippen LogP contribution in [0, 0.1) is 0 Å². The van der Waals surface area contributed by atoms with Crippen molar-refractivity contribution in [2.45, 2.75) is 31.4 Å². The number of hydrogen-bond acceptors (Lipinski definition) is 5. The summed E-state index contributed by atoms with van der Waals surface area (Å²) in [6, 6.07) is 3.73. The van der Waals surface area contributed by atoms with Crippen molar-refractivity contribution in [1.82, 2.24) is 19.5 Å². The maximum absolute atomic E-state index is 10.8. The second kappa shape index (κ2) is 5.47. The number of hydrogen-bond donors (Lipinski definition) is 2. The van der Waals surface area contributed by atoms with E-state index in [9.17, 15) is 5.11 Å². The van der Waals surface area contributed by atoms with Crippen LogP contribution in [0.25, 0.3) is 11.0 Å². The molecule has 0 spiro atoms. The van der Waals surface area contributed by atoms with Gasteiger partial charge in [-0.15, -0.1) is 0 Å². The predicted octanol–water partition coefficient (Wildman–Crippen LogP) is 2.87. The zero-order valence-electron chi connectivity index (χ0n) is 12.4. The van der Waals surface area contributed by atoms with Gasteiger partial charge in [0, 0.05) is 29.0 Å². The Morgan fingerprint density at radius 3 is 2.83 bits per heavy atom. The molecule has 1 atom stereocenters. The molecular formula is C16H16ClN5O. The van der Waals surface area contributed by atoms with E-state index in [4.69, 9.17) is 17.3 Å². The van der Waals surface area contributed by atoms with Gasteiger partial charge in [0.2, 0.25) is 0 Å². The van der Waals surface area contributed by atoms with Crippen molar-refractivity contribution < 1.29 is 5.11 Å². The number of nitrogen functional groups attached to an aromatic ring is 1. The molecule has 0 bridgehead atoms. The molecule has 3 aromatic heterocycles. The zero-order valence-corrected chi connectivity index (χ0v) is 13.1. The zero-order chi connectivity index (χ0) is 16.0. The average Bonchev–Trinajstić information content (AvgIpc) is 2.86. The number of aromatic nitrogens is 4. The first-order chi connectivity index (χ1) is 11.1. The highest BCUT2D eigenvalue weighted by Gasteiger charge is 2.27. The van der Waals surface area contributed by atoms with Crippen LogP contribution >= 0.6 is 11.6 Å². The molecule has 3 aromatic rings. The molecule has 0 aromatic carbocycles. The maximum atomic E-state index is 10.8. The Morgan fingerprint density at radius 2 is 2.13 bits per heavy atom. The molecule has 23 heavy (non-hydrogen) atoms. The number of rotatable bonds is 3. The van der Waals surface area contributed by atoms with Crippen molar-refractivity contribution in [3.05, 3.63) is 47.1 Å². The lowest BCUT2D eigenvalue weighted by Crippen LogP contribution is -2.16. The van der Waals surface area contributed by atoms with Crippen LogP contribution < -0.4 is 5.73 Å². The van der Waals surface area contributed by atoms with Gasteiger partial charge in [-0.1, -0.05) is 11.6 Å². The Labute approximate surface area is 138 Å². The molecule has 0 radical (unpaired) electrons. The van der Waals surface area contributed by atoms with Gasteiger partial charge in [0.05, 0.1) is 11.1 Å². The SMILES string of the molecule is Nc1ncnc2c1c(C(O)c1cc(Cl)ccn1)cn2C1CCC1. The Bertz CT molecular complexity index is 874. The molecule has 1 saturated carbocycles. The number of aliphatic hydroxyl groups is 1. The monoisotopic (exact) mass is 329 g/mol. The van der Waals surface area contributed by atoms with Crippen molar-refractivity contribution in [3.63, 3.8) is 0 Å². The van der Waals surface area contributed by atoms with Gasteiger partial charge in [0.1, 0.15) is 23.9 Å². The minimum Gasteiger partial charge on any atom is -0.383 e. The summed E-state index contributed by atoms with van der Waals surface area (Å²) in [6.07, 6.45) is 7.46. The second-order valence-corrected chi connectivity index (χ2v) is 6.27. The number of anilines is 1. The molecule has 1 aliphatic carbocycles. The number of pyridine rings is 1. The Balaban J connectivity index is 1.89. The van der Waals surface area contributed by atoms with Crippen molar-refractivity contribution in [2.75, 3.05) is 5.73 Å². The minimum absolute atomic E-state index is 0.365. The van der Waals surface area contributed by atoms with E-state index < -0.39 is 6.10 Å². The summed E-state index contributed by atoms with van der Waals surface area (Å²) in [5.74, 6) is 0.365. The van der Waals surface area contributed by atoms with Crippen LogP contribution in [-0.4, -0.2) is 24.6 Å². The smallest absolute Gasteiger partial charge is 0.146 e. The summed E-state index contributed by atoms with van der Waals surface area (Å²) in [4.78, 5) is 12.7. The van der Waals surface area contributed by atoms with Crippen LogP contribution in [-0.2, 0) is 0 Å². The molecule has 0 aliphatic heterocycles. The third kappa shape index (κ3) is 2.34. The topological polar surface area (TPSA) is 89.8 Å². The molecule has 3 N–H and O–H groups in total. The fourth-order valence-corrected chi connectivity index (χ4v) is 3.19. The molecule has 118 valence electrons. The summed E-state index contributed by atoms with van der Waals surface area (Å²) in [7, 11) is 0. The predicted molar refractivity (Wildman–Crippen MR) is 88.1 cm³/mol. The number of fused-ring (bicyclic) bond motifs is 1. The normalized spacial score (nSPS) is 16.4. The van der Waals surface area contributed by atoms with Gasteiger partial charge in [0.25, 0.3) is 0 Å². The quantitative estimate of drug-likeness (QED) is 0.771. The van der Waals surface area contributed by atoms with Crippen LogP contribution in [0.15, 0.2) is 30.9 Å².